The lowest BCUT2D eigenvalue weighted by atomic mass is 9.78. The van der Waals surface area contributed by atoms with Gasteiger partial charge in [-0.3, -0.25) is 4.79 Å². The topological polar surface area (TPSA) is 72.2 Å². The largest absolute Gasteiger partial charge is 0.386 e. The standard InChI is InChI=1S/C14H19ClN2OS.C13H18O.C7H8.C4H10.C2H6/c1-10(17-8-7-16)14(11(2)18)19-9-12-3-5-13(15)6-4-12;1-13(2,3)12(10-14)9-11-7-5-4-6-8-11;1-7-5-3-2-4-6-7;1-4(2)3;1-2/h3-6,17H,7-9,16H2,1-2H3;4-8,10,12H,9H2,1-3H3;2-6H,1H3;4H,1-3H3;1-2H3/b14-10-;;;;. The van der Waals surface area contributed by atoms with Crippen molar-refractivity contribution in [2.45, 2.75) is 88.3 Å². The first-order valence-electron chi connectivity index (χ1n) is 16.2. The van der Waals surface area contributed by atoms with E-state index in [9.17, 15) is 9.59 Å². The number of allylic oxidation sites excluding steroid dienone is 2. The Bertz CT molecular complexity index is 1200. The van der Waals surface area contributed by atoms with E-state index in [1.165, 1.54) is 22.9 Å². The zero-order valence-corrected chi connectivity index (χ0v) is 31.9. The lowest BCUT2D eigenvalue weighted by Gasteiger charge is -2.25. The number of nitrogens with two attached hydrogens (primary N) is 1. The lowest BCUT2D eigenvalue weighted by Crippen LogP contribution is -2.23. The predicted octanol–water partition coefficient (Wildman–Crippen LogP) is 10.7. The Morgan fingerprint density at radius 2 is 1.35 bits per heavy atom. The Morgan fingerprint density at radius 1 is 0.870 bits per heavy atom. The number of thioether (sulfide) groups is 1. The molecule has 46 heavy (non-hydrogen) atoms. The Morgan fingerprint density at radius 3 is 1.72 bits per heavy atom. The molecule has 0 fully saturated rings. The van der Waals surface area contributed by atoms with Crippen molar-refractivity contribution in [2.75, 3.05) is 13.1 Å². The first-order chi connectivity index (χ1) is 21.7. The molecule has 1 atom stereocenters. The van der Waals surface area contributed by atoms with Crippen molar-refractivity contribution < 1.29 is 9.59 Å². The summed E-state index contributed by atoms with van der Waals surface area (Å²) in [5.74, 6) is 1.75. The molecule has 3 N–H and O–H groups in total. The highest BCUT2D eigenvalue weighted by molar-refractivity contribution is 8.03. The van der Waals surface area contributed by atoms with Crippen LogP contribution in [0.5, 0.6) is 0 Å². The van der Waals surface area contributed by atoms with Crippen molar-refractivity contribution in [3.8, 4) is 0 Å². The fraction of sp³-hybridized carbons (Fsp3) is 0.450. The molecule has 0 spiro atoms. The maximum absolute atomic E-state index is 11.7. The number of carbonyl (C=O) groups excluding carboxylic acids is 2. The summed E-state index contributed by atoms with van der Waals surface area (Å²) in [7, 11) is 0. The average molecular weight is 669 g/mol. The zero-order valence-electron chi connectivity index (χ0n) is 30.3. The molecule has 0 heterocycles. The minimum Gasteiger partial charge on any atom is -0.386 e. The summed E-state index contributed by atoms with van der Waals surface area (Å²) < 4.78 is 0. The first kappa shape index (κ1) is 45.3. The van der Waals surface area contributed by atoms with Crippen LogP contribution in [0, 0.1) is 24.2 Å². The Balaban J connectivity index is 0. The first-order valence-corrected chi connectivity index (χ1v) is 17.6. The molecule has 3 rings (SSSR count). The van der Waals surface area contributed by atoms with E-state index in [4.69, 9.17) is 17.3 Å². The molecule has 256 valence electrons. The van der Waals surface area contributed by atoms with Gasteiger partial charge in [-0.25, -0.2) is 0 Å². The molecule has 3 aromatic carbocycles. The average Bonchev–Trinajstić information content (AvgIpc) is 3.01. The van der Waals surface area contributed by atoms with Crippen LogP contribution in [-0.4, -0.2) is 25.2 Å². The minimum absolute atomic E-state index is 0.0532. The number of rotatable bonds is 10. The number of ketones is 1. The van der Waals surface area contributed by atoms with E-state index in [2.05, 4.69) is 78.0 Å². The Hall–Kier alpha value is -2.86. The third kappa shape index (κ3) is 24.4. The summed E-state index contributed by atoms with van der Waals surface area (Å²) in [6, 6.07) is 28.1. The fourth-order valence-corrected chi connectivity index (χ4v) is 4.63. The number of aryl methyl sites for hydroxylation is 1. The van der Waals surface area contributed by atoms with Crippen LogP contribution in [0.1, 0.15) is 85.9 Å². The van der Waals surface area contributed by atoms with Gasteiger partial charge in [-0.15, -0.1) is 11.8 Å². The number of hydrogen-bond acceptors (Lipinski definition) is 5. The van der Waals surface area contributed by atoms with Crippen LogP contribution >= 0.6 is 23.4 Å². The maximum Gasteiger partial charge on any atom is 0.167 e. The second kappa shape index (κ2) is 27.3. The quantitative estimate of drug-likeness (QED) is 0.166. The molecule has 0 saturated carbocycles. The smallest absolute Gasteiger partial charge is 0.167 e. The molecule has 0 aliphatic carbocycles. The van der Waals surface area contributed by atoms with Crippen molar-refractivity contribution in [2.24, 2.45) is 23.0 Å². The number of Topliss-reactive ketones (excluding diaryl/α,β-unsaturated/α-hetero) is 1. The summed E-state index contributed by atoms with van der Waals surface area (Å²) >= 11 is 7.37. The molecule has 0 amide bonds. The number of aldehydes is 1. The van der Waals surface area contributed by atoms with E-state index in [0.29, 0.717) is 13.1 Å². The number of nitrogens with one attached hydrogen (secondary N) is 1. The highest BCUT2D eigenvalue weighted by Crippen LogP contribution is 2.27. The molecule has 1 unspecified atom stereocenters. The molecule has 3 aromatic rings. The molecule has 0 aliphatic heterocycles. The number of benzene rings is 3. The van der Waals surface area contributed by atoms with E-state index >= 15 is 0 Å². The Labute approximate surface area is 291 Å². The van der Waals surface area contributed by atoms with Gasteiger partial charge in [-0.2, -0.15) is 0 Å². The summed E-state index contributed by atoms with van der Waals surface area (Å²) in [5.41, 5.74) is 10.1. The highest BCUT2D eigenvalue weighted by atomic mass is 35.5. The van der Waals surface area contributed by atoms with E-state index in [1.54, 1.807) is 6.92 Å². The SMILES string of the molecule is CC.CC(=O)/C(SCc1ccc(Cl)cc1)=C(\C)NCCN.CC(C)(C)C(C=O)Cc1ccccc1.CC(C)C.Cc1ccccc1. The van der Waals surface area contributed by atoms with Crippen molar-refractivity contribution >= 4 is 35.4 Å². The number of halogens is 1. The molecular weight excluding hydrogens is 608 g/mol. The van der Waals surface area contributed by atoms with Crippen molar-refractivity contribution in [1.82, 2.24) is 5.32 Å². The lowest BCUT2D eigenvalue weighted by molar-refractivity contribution is -0.114. The van der Waals surface area contributed by atoms with Crippen molar-refractivity contribution in [3.63, 3.8) is 0 Å². The second-order valence-electron chi connectivity index (χ2n) is 12.3. The summed E-state index contributed by atoms with van der Waals surface area (Å²) in [5, 5.41) is 3.87. The molecule has 0 aromatic heterocycles. The number of hydrogen-bond donors (Lipinski definition) is 2. The van der Waals surface area contributed by atoms with Gasteiger partial charge in [0.25, 0.3) is 0 Å². The van der Waals surface area contributed by atoms with Gasteiger partial charge in [0.05, 0.1) is 4.91 Å². The van der Waals surface area contributed by atoms with Crippen LogP contribution < -0.4 is 11.1 Å². The summed E-state index contributed by atoms with van der Waals surface area (Å²) in [4.78, 5) is 23.4. The molecule has 0 saturated heterocycles. The molecular formula is C40H61ClN2O2S. The normalized spacial score (nSPS) is 11.3. The third-order valence-electron chi connectivity index (χ3n) is 6.01. The number of carbonyl (C=O) groups is 2. The van der Waals surface area contributed by atoms with Gasteiger partial charge >= 0.3 is 0 Å². The van der Waals surface area contributed by atoms with Crippen LogP contribution in [0.3, 0.4) is 0 Å². The second-order valence-corrected chi connectivity index (χ2v) is 13.7. The van der Waals surface area contributed by atoms with Crippen molar-refractivity contribution in [3.05, 3.63) is 117 Å². The van der Waals surface area contributed by atoms with Crippen LogP contribution in [0.15, 0.2) is 95.5 Å². The van der Waals surface area contributed by atoms with Gasteiger partial charge in [0.2, 0.25) is 0 Å². The van der Waals surface area contributed by atoms with Gasteiger partial charge in [-0.1, -0.05) is 145 Å². The van der Waals surface area contributed by atoms with Gasteiger partial charge in [0.1, 0.15) is 6.29 Å². The van der Waals surface area contributed by atoms with Crippen LogP contribution in [0.2, 0.25) is 5.02 Å². The van der Waals surface area contributed by atoms with E-state index in [-0.39, 0.29) is 17.1 Å². The van der Waals surface area contributed by atoms with Crippen LogP contribution in [0.4, 0.5) is 0 Å². The molecule has 4 nitrogen and oxygen atoms in total. The van der Waals surface area contributed by atoms with Crippen molar-refractivity contribution in [1.29, 1.82) is 0 Å². The van der Waals surface area contributed by atoms with E-state index in [1.807, 2.05) is 81.4 Å². The highest BCUT2D eigenvalue weighted by Gasteiger charge is 2.23. The summed E-state index contributed by atoms with van der Waals surface area (Å²) in [6.07, 6.45) is 1.92. The zero-order chi connectivity index (χ0) is 35.5. The van der Waals surface area contributed by atoms with Gasteiger partial charge < -0.3 is 15.8 Å². The van der Waals surface area contributed by atoms with Crippen LogP contribution in [-0.2, 0) is 21.8 Å². The monoisotopic (exact) mass is 668 g/mol. The maximum atomic E-state index is 11.7. The van der Waals surface area contributed by atoms with Crippen LogP contribution in [0.25, 0.3) is 0 Å². The van der Waals surface area contributed by atoms with E-state index in [0.717, 1.165) is 45.6 Å². The molecule has 0 aliphatic rings. The van der Waals surface area contributed by atoms with Gasteiger partial charge in [0, 0.05) is 35.5 Å². The minimum atomic E-state index is 0.0532. The molecule has 0 bridgehead atoms. The third-order valence-corrected chi connectivity index (χ3v) is 7.62. The summed E-state index contributed by atoms with van der Waals surface area (Å²) in [6.45, 7) is 23.6. The fourth-order valence-electron chi connectivity index (χ4n) is 3.51. The Kier molecular flexibility index (Phi) is 26.8. The molecule has 6 heteroatoms. The predicted molar refractivity (Wildman–Crippen MR) is 205 cm³/mol. The van der Waals surface area contributed by atoms with E-state index < -0.39 is 0 Å². The van der Waals surface area contributed by atoms with Gasteiger partial charge in [0.15, 0.2) is 5.78 Å². The molecule has 0 radical (unpaired) electrons. The van der Waals surface area contributed by atoms with Gasteiger partial charge in [-0.05, 0) is 61.8 Å².